The number of hydrogen-bond donors (Lipinski definition) is 0. The summed E-state index contributed by atoms with van der Waals surface area (Å²) in [5.41, 5.74) is -0.834. The second-order valence-electron chi connectivity index (χ2n) is 7.72. The SMILES string of the molecule is Cc1cc(OCc2coc(/C=C/c3ccc(SC(F)(F)F)cc3)n2)ccc1COCCn1ccnn1. The first-order chi connectivity index (χ1) is 17.3. The number of aryl methyl sites for hydroxylation is 1. The molecule has 36 heavy (non-hydrogen) atoms. The van der Waals surface area contributed by atoms with Crippen LogP contribution in [0.3, 0.4) is 0 Å². The highest BCUT2D eigenvalue weighted by Crippen LogP contribution is 2.36. The molecule has 0 unspecified atom stereocenters. The summed E-state index contributed by atoms with van der Waals surface area (Å²) in [6.07, 6.45) is 8.29. The topological polar surface area (TPSA) is 75.2 Å². The first-order valence-corrected chi connectivity index (χ1v) is 11.8. The van der Waals surface area contributed by atoms with Crippen molar-refractivity contribution in [3.8, 4) is 5.75 Å². The van der Waals surface area contributed by atoms with Gasteiger partial charge in [-0.25, -0.2) is 4.98 Å². The lowest BCUT2D eigenvalue weighted by Crippen LogP contribution is -2.07. The van der Waals surface area contributed by atoms with Gasteiger partial charge in [0, 0.05) is 17.2 Å². The maximum atomic E-state index is 12.4. The molecule has 0 saturated carbocycles. The van der Waals surface area contributed by atoms with Crippen LogP contribution in [0.4, 0.5) is 13.2 Å². The van der Waals surface area contributed by atoms with Crippen molar-refractivity contribution < 1.29 is 27.1 Å². The van der Waals surface area contributed by atoms with Crippen LogP contribution in [-0.2, 0) is 24.5 Å². The van der Waals surface area contributed by atoms with Gasteiger partial charge in [0.05, 0.1) is 26.0 Å². The predicted molar refractivity (Wildman–Crippen MR) is 129 cm³/mol. The molecule has 0 radical (unpaired) electrons. The number of benzene rings is 2. The Bertz CT molecular complexity index is 1270. The molecule has 2 aromatic heterocycles. The molecule has 188 valence electrons. The maximum Gasteiger partial charge on any atom is 0.446 e. The quantitative estimate of drug-likeness (QED) is 0.175. The van der Waals surface area contributed by atoms with Crippen molar-refractivity contribution in [2.75, 3.05) is 6.61 Å². The van der Waals surface area contributed by atoms with Gasteiger partial charge in [-0.3, -0.25) is 4.68 Å². The second kappa shape index (κ2) is 11.9. The van der Waals surface area contributed by atoms with Gasteiger partial charge in [-0.05, 0) is 65.7 Å². The average Bonchev–Trinajstić information content (AvgIpc) is 3.52. The minimum atomic E-state index is -4.30. The third-order valence-electron chi connectivity index (χ3n) is 5.00. The lowest BCUT2D eigenvalue weighted by atomic mass is 10.1. The van der Waals surface area contributed by atoms with Gasteiger partial charge in [-0.1, -0.05) is 23.4 Å². The van der Waals surface area contributed by atoms with E-state index in [0.29, 0.717) is 37.1 Å². The van der Waals surface area contributed by atoms with Gasteiger partial charge in [-0.15, -0.1) is 5.10 Å². The number of nitrogens with zero attached hydrogens (tertiary/aromatic N) is 4. The summed E-state index contributed by atoms with van der Waals surface area (Å²) < 4.78 is 56.0. The van der Waals surface area contributed by atoms with Gasteiger partial charge in [0.25, 0.3) is 0 Å². The Morgan fingerprint density at radius 1 is 1.08 bits per heavy atom. The van der Waals surface area contributed by atoms with Crippen LogP contribution in [0.15, 0.2) is 70.4 Å². The van der Waals surface area contributed by atoms with Gasteiger partial charge >= 0.3 is 5.51 Å². The molecule has 2 heterocycles. The van der Waals surface area contributed by atoms with Gasteiger partial charge in [-0.2, -0.15) is 13.2 Å². The number of thioether (sulfide) groups is 1. The number of halogens is 3. The van der Waals surface area contributed by atoms with Crippen LogP contribution in [-0.4, -0.2) is 32.1 Å². The van der Waals surface area contributed by atoms with E-state index in [1.165, 1.54) is 18.4 Å². The van der Waals surface area contributed by atoms with E-state index < -0.39 is 5.51 Å². The van der Waals surface area contributed by atoms with Gasteiger partial charge < -0.3 is 13.9 Å². The number of hydrogen-bond acceptors (Lipinski definition) is 7. The lowest BCUT2D eigenvalue weighted by molar-refractivity contribution is -0.0328. The van der Waals surface area contributed by atoms with Crippen molar-refractivity contribution >= 4 is 23.9 Å². The fraction of sp³-hybridized carbons (Fsp3) is 0.240. The molecule has 0 saturated heterocycles. The minimum Gasteiger partial charge on any atom is -0.487 e. The van der Waals surface area contributed by atoms with E-state index >= 15 is 0 Å². The van der Waals surface area contributed by atoms with E-state index in [2.05, 4.69) is 15.3 Å². The van der Waals surface area contributed by atoms with Crippen molar-refractivity contribution in [2.45, 2.75) is 37.1 Å². The molecule has 4 rings (SSSR count). The summed E-state index contributed by atoms with van der Waals surface area (Å²) in [6.45, 7) is 3.89. The molecule has 0 N–H and O–H groups in total. The van der Waals surface area contributed by atoms with E-state index in [9.17, 15) is 13.2 Å². The van der Waals surface area contributed by atoms with Crippen molar-refractivity contribution in [2.24, 2.45) is 0 Å². The molecule has 0 bridgehead atoms. The Labute approximate surface area is 209 Å². The molecule has 0 atom stereocenters. The Hall–Kier alpha value is -3.57. The van der Waals surface area contributed by atoms with Crippen molar-refractivity contribution in [1.82, 2.24) is 20.0 Å². The number of rotatable bonds is 11. The molecule has 0 aliphatic rings. The van der Waals surface area contributed by atoms with Gasteiger partial charge in [0.15, 0.2) is 0 Å². The standard InChI is InChI=1S/C25H23F3N4O3S/c1-18-14-22(6-5-20(18)15-33-13-12-32-11-10-29-31-32)34-16-21-17-35-24(30-21)9-4-19-2-7-23(8-3-19)36-25(26,27)28/h2-11,14,17H,12-13,15-16H2,1H3/b9-4+. The predicted octanol–water partition coefficient (Wildman–Crippen LogP) is 6.15. The van der Waals surface area contributed by atoms with Crippen LogP contribution in [0.2, 0.25) is 0 Å². The molecule has 0 amide bonds. The number of aromatic nitrogens is 4. The van der Waals surface area contributed by atoms with E-state index in [4.69, 9.17) is 13.9 Å². The third-order valence-corrected chi connectivity index (χ3v) is 5.74. The smallest absolute Gasteiger partial charge is 0.446 e. The van der Waals surface area contributed by atoms with Crippen molar-refractivity contribution in [3.05, 3.63) is 89.4 Å². The maximum absolute atomic E-state index is 12.4. The van der Waals surface area contributed by atoms with Crippen LogP contribution in [0.5, 0.6) is 5.75 Å². The zero-order valence-electron chi connectivity index (χ0n) is 19.3. The van der Waals surface area contributed by atoms with E-state index in [-0.39, 0.29) is 23.3 Å². The van der Waals surface area contributed by atoms with Crippen LogP contribution in [0.1, 0.15) is 28.3 Å². The first-order valence-electron chi connectivity index (χ1n) is 11.0. The molecular formula is C25H23F3N4O3S. The highest BCUT2D eigenvalue weighted by atomic mass is 32.2. The van der Waals surface area contributed by atoms with Crippen LogP contribution in [0.25, 0.3) is 12.2 Å². The highest BCUT2D eigenvalue weighted by Gasteiger charge is 2.28. The molecule has 0 aliphatic carbocycles. The number of alkyl halides is 3. The van der Waals surface area contributed by atoms with Gasteiger partial charge in [0.2, 0.25) is 5.89 Å². The summed E-state index contributed by atoms with van der Waals surface area (Å²) in [5.74, 6) is 1.08. The second-order valence-corrected chi connectivity index (χ2v) is 8.86. The molecule has 4 aromatic rings. The Morgan fingerprint density at radius 2 is 1.92 bits per heavy atom. The molecule has 0 fully saturated rings. The Morgan fingerprint density at radius 3 is 2.64 bits per heavy atom. The monoisotopic (exact) mass is 516 g/mol. The minimum absolute atomic E-state index is 0.133. The Kier molecular flexibility index (Phi) is 8.44. The summed E-state index contributed by atoms with van der Waals surface area (Å²) in [6, 6.07) is 11.8. The number of ether oxygens (including phenoxy) is 2. The van der Waals surface area contributed by atoms with Crippen LogP contribution >= 0.6 is 11.8 Å². The summed E-state index contributed by atoms with van der Waals surface area (Å²) in [7, 11) is 0. The molecular weight excluding hydrogens is 493 g/mol. The molecule has 2 aromatic carbocycles. The van der Waals surface area contributed by atoms with Gasteiger partial charge in [0.1, 0.15) is 24.3 Å². The third kappa shape index (κ3) is 7.99. The van der Waals surface area contributed by atoms with Crippen LogP contribution in [0, 0.1) is 6.92 Å². The van der Waals surface area contributed by atoms with E-state index in [0.717, 1.165) is 16.7 Å². The van der Waals surface area contributed by atoms with Crippen molar-refractivity contribution in [3.63, 3.8) is 0 Å². The summed E-state index contributed by atoms with van der Waals surface area (Å²) in [4.78, 5) is 4.49. The van der Waals surface area contributed by atoms with Crippen molar-refractivity contribution in [1.29, 1.82) is 0 Å². The molecule has 0 aliphatic heterocycles. The summed E-state index contributed by atoms with van der Waals surface area (Å²) in [5, 5.41) is 7.65. The fourth-order valence-electron chi connectivity index (χ4n) is 3.18. The summed E-state index contributed by atoms with van der Waals surface area (Å²) >= 11 is -0.144. The normalized spacial score (nSPS) is 11.9. The number of oxazole rings is 1. The van der Waals surface area contributed by atoms with Crippen LogP contribution < -0.4 is 4.74 Å². The zero-order valence-corrected chi connectivity index (χ0v) is 20.1. The Balaban J connectivity index is 1.23. The fourth-order valence-corrected chi connectivity index (χ4v) is 3.72. The highest BCUT2D eigenvalue weighted by molar-refractivity contribution is 8.00. The molecule has 11 heteroatoms. The van der Waals surface area contributed by atoms with E-state index in [1.54, 1.807) is 41.4 Å². The zero-order chi connectivity index (χ0) is 25.4. The average molecular weight is 517 g/mol. The lowest BCUT2D eigenvalue weighted by Gasteiger charge is -2.10. The van der Waals surface area contributed by atoms with E-state index in [1.807, 2.05) is 25.1 Å². The first kappa shape index (κ1) is 25.5. The largest absolute Gasteiger partial charge is 0.487 e. The molecule has 0 spiro atoms. The molecule has 7 nitrogen and oxygen atoms in total.